The molecule has 77 heavy (non-hydrogen) atoms. The monoisotopic (exact) mass is 996 g/mol. The molecule has 0 unspecified atom stereocenters. The van der Waals surface area contributed by atoms with Crippen molar-refractivity contribution in [2.45, 2.75) is 0 Å². The number of hydrogen-bond acceptors (Lipinski definition) is 1. The third kappa shape index (κ3) is 7.79. The molecular weight excluding hydrogens is 945 g/mol. The van der Waals surface area contributed by atoms with Gasteiger partial charge in [-0.3, -0.25) is 0 Å². The molecule has 362 valence electrons. The Morgan fingerprint density at radius 1 is 0.260 bits per heavy atom. The van der Waals surface area contributed by atoms with Gasteiger partial charge < -0.3 is 9.47 Å². The molecule has 0 spiro atoms. The van der Waals surface area contributed by atoms with Gasteiger partial charge in [-0.2, -0.15) is 0 Å². The van der Waals surface area contributed by atoms with E-state index in [2.05, 4.69) is 325 Å². The first-order valence-corrected chi connectivity index (χ1v) is 28.6. The number of rotatable bonds is 11. The lowest BCUT2D eigenvalue weighted by Crippen LogP contribution is -2.74. The third-order valence-corrected chi connectivity index (χ3v) is 20.5. The summed E-state index contributed by atoms with van der Waals surface area (Å²) in [6.07, 6.45) is 0. The average molecular weight is 997 g/mol. The van der Waals surface area contributed by atoms with Crippen LogP contribution in [0.4, 0.5) is 17.1 Å². The smallest absolute Gasteiger partial charge is 0.179 e. The molecule has 0 radical (unpaired) electrons. The summed E-state index contributed by atoms with van der Waals surface area (Å²) in [6, 6.07) is 117. The van der Waals surface area contributed by atoms with Crippen molar-refractivity contribution in [3.63, 3.8) is 0 Å². The number of aromatic nitrogens is 1. The Hall–Kier alpha value is -9.80. The molecule has 1 aromatic heterocycles. The Morgan fingerprint density at radius 3 is 1.21 bits per heavy atom. The second-order valence-corrected chi connectivity index (χ2v) is 23.7. The van der Waals surface area contributed by atoms with E-state index in [0.717, 1.165) is 22.7 Å². The summed E-state index contributed by atoms with van der Waals surface area (Å²) < 4.78 is 2.40. The van der Waals surface area contributed by atoms with Crippen LogP contribution in [0.3, 0.4) is 0 Å². The second kappa shape index (κ2) is 19.5. The van der Waals surface area contributed by atoms with Crippen molar-refractivity contribution in [2.24, 2.45) is 0 Å². The van der Waals surface area contributed by atoms with Crippen molar-refractivity contribution in [1.82, 2.24) is 4.57 Å². The summed E-state index contributed by atoms with van der Waals surface area (Å²) in [4.78, 5) is 2.45. The summed E-state index contributed by atoms with van der Waals surface area (Å²) in [7, 11) is -2.87. The Balaban J connectivity index is 0.970. The molecule has 3 heteroatoms. The van der Waals surface area contributed by atoms with Crippen molar-refractivity contribution in [1.29, 1.82) is 0 Å². The molecule has 0 fully saturated rings. The molecule has 0 atom stereocenters. The predicted octanol–water partition coefficient (Wildman–Crippen LogP) is 16.9. The largest absolute Gasteiger partial charge is 0.311 e. The van der Waals surface area contributed by atoms with E-state index in [1.54, 1.807) is 0 Å². The van der Waals surface area contributed by atoms with E-state index in [1.165, 1.54) is 97.5 Å². The number of benzene rings is 13. The Bertz CT molecular complexity index is 4310. The minimum atomic E-state index is -2.87. The minimum Gasteiger partial charge on any atom is -0.311 e. The summed E-state index contributed by atoms with van der Waals surface area (Å²) in [5.74, 6) is 0. The zero-order valence-corrected chi connectivity index (χ0v) is 43.4. The standard InChI is InChI=1S/C74H52N2Si/c1-6-24-54(25-7-1)72-67-38-18-16-36-65(67)66-37-17-19-39-68(66)73(72)55-46-50-58(51-47-55)75(59-28-22-35-63(52-59)77(60-29-10-3-11-30-60,61-31-12-4-13-32-61)62-33-14-5-15-34-62)57-48-44-53(45-49-57)64-41-23-43-71-74(64)69-40-20-21-42-70(69)76(71)56-26-8-2-9-27-56/h1-52H. The number of hydrogen-bond donors (Lipinski definition) is 0. The van der Waals surface area contributed by atoms with Crippen molar-refractivity contribution >= 4 is 89.2 Å². The summed E-state index contributed by atoms with van der Waals surface area (Å²) in [6.45, 7) is 0. The Kier molecular flexibility index (Phi) is 11.6. The van der Waals surface area contributed by atoms with Crippen LogP contribution in [-0.2, 0) is 0 Å². The highest BCUT2D eigenvalue weighted by molar-refractivity contribution is 7.20. The molecule has 0 bridgehead atoms. The van der Waals surface area contributed by atoms with Gasteiger partial charge in [-0.15, -0.1) is 0 Å². The highest BCUT2D eigenvalue weighted by Crippen LogP contribution is 2.46. The van der Waals surface area contributed by atoms with E-state index in [1.807, 2.05) is 0 Å². The molecule has 0 saturated heterocycles. The topological polar surface area (TPSA) is 8.17 Å². The highest BCUT2D eigenvalue weighted by atomic mass is 28.3. The maximum absolute atomic E-state index is 2.87. The number of para-hydroxylation sites is 2. The average Bonchev–Trinajstić information content (AvgIpc) is 3.86. The molecule has 0 N–H and O–H groups in total. The molecule has 2 nitrogen and oxygen atoms in total. The van der Waals surface area contributed by atoms with E-state index >= 15 is 0 Å². The second-order valence-electron chi connectivity index (χ2n) is 19.9. The van der Waals surface area contributed by atoms with Gasteiger partial charge in [0.05, 0.1) is 11.0 Å². The quantitative estimate of drug-likeness (QED) is 0.0712. The van der Waals surface area contributed by atoms with Crippen LogP contribution in [0.1, 0.15) is 0 Å². The fourth-order valence-corrected chi connectivity index (χ4v) is 17.2. The fourth-order valence-electron chi connectivity index (χ4n) is 12.4. The summed E-state index contributed by atoms with van der Waals surface area (Å²) in [5, 5.41) is 12.8. The molecule has 0 amide bonds. The van der Waals surface area contributed by atoms with Gasteiger partial charge in [0, 0.05) is 33.5 Å². The molecule has 1 heterocycles. The lowest BCUT2D eigenvalue weighted by atomic mass is 9.85. The van der Waals surface area contributed by atoms with Crippen LogP contribution in [0.5, 0.6) is 0 Å². The Morgan fingerprint density at radius 2 is 0.662 bits per heavy atom. The number of anilines is 3. The van der Waals surface area contributed by atoms with Gasteiger partial charge in [0.25, 0.3) is 0 Å². The van der Waals surface area contributed by atoms with Crippen LogP contribution < -0.4 is 25.6 Å². The predicted molar refractivity (Wildman–Crippen MR) is 330 cm³/mol. The van der Waals surface area contributed by atoms with Crippen LogP contribution in [-0.4, -0.2) is 12.6 Å². The van der Waals surface area contributed by atoms with Crippen molar-refractivity contribution < 1.29 is 0 Å². The van der Waals surface area contributed by atoms with Gasteiger partial charge in [-0.25, -0.2) is 0 Å². The Labute approximate surface area is 450 Å². The maximum Gasteiger partial charge on any atom is 0.179 e. The molecule has 0 aliphatic heterocycles. The van der Waals surface area contributed by atoms with E-state index < -0.39 is 8.07 Å². The van der Waals surface area contributed by atoms with E-state index in [4.69, 9.17) is 0 Å². The van der Waals surface area contributed by atoms with Crippen LogP contribution >= 0.6 is 0 Å². The lowest BCUT2D eigenvalue weighted by Gasteiger charge is -2.35. The van der Waals surface area contributed by atoms with E-state index in [9.17, 15) is 0 Å². The molecule has 13 aromatic carbocycles. The summed E-state index contributed by atoms with van der Waals surface area (Å²) in [5.41, 5.74) is 14.0. The molecule has 14 rings (SSSR count). The van der Waals surface area contributed by atoms with Crippen LogP contribution in [0.2, 0.25) is 0 Å². The van der Waals surface area contributed by atoms with Crippen molar-refractivity contribution in [2.75, 3.05) is 4.90 Å². The minimum absolute atomic E-state index is 1.07. The van der Waals surface area contributed by atoms with Crippen LogP contribution in [0.15, 0.2) is 315 Å². The zero-order valence-electron chi connectivity index (χ0n) is 42.4. The lowest BCUT2D eigenvalue weighted by molar-refractivity contribution is 1.18. The van der Waals surface area contributed by atoms with Gasteiger partial charge in [-0.05, 0) is 136 Å². The molecule has 0 aliphatic rings. The van der Waals surface area contributed by atoms with Crippen LogP contribution in [0.25, 0.3) is 82.4 Å². The summed E-state index contributed by atoms with van der Waals surface area (Å²) >= 11 is 0. The number of nitrogens with zero attached hydrogens (tertiary/aromatic N) is 2. The first-order valence-electron chi connectivity index (χ1n) is 26.6. The van der Waals surface area contributed by atoms with Gasteiger partial charge in [0.1, 0.15) is 0 Å². The maximum atomic E-state index is 2.48. The highest BCUT2D eigenvalue weighted by Gasteiger charge is 2.41. The van der Waals surface area contributed by atoms with E-state index in [0.29, 0.717) is 0 Å². The first kappa shape index (κ1) is 45.8. The van der Waals surface area contributed by atoms with Gasteiger partial charge in [0.15, 0.2) is 8.07 Å². The fraction of sp³-hybridized carbons (Fsp3) is 0. The van der Waals surface area contributed by atoms with Crippen molar-refractivity contribution in [3.8, 4) is 39.1 Å². The SMILES string of the molecule is c1ccc(-c2c(-c3ccc(N(c4ccc(-c5cccc6c5c5ccccc5n6-c5ccccc5)cc4)c4cccc([Si](c5ccccc5)(c5ccccc5)c5ccccc5)c4)cc3)c3ccccc3c3ccccc23)cc1. The third-order valence-electron chi connectivity index (χ3n) is 15.7. The molecule has 0 aliphatic carbocycles. The van der Waals surface area contributed by atoms with Crippen LogP contribution in [0, 0.1) is 0 Å². The van der Waals surface area contributed by atoms with Gasteiger partial charge in [0.2, 0.25) is 0 Å². The molecule has 0 saturated carbocycles. The molecular formula is C74H52N2Si. The molecule has 14 aromatic rings. The first-order chi connectivity index (χ1) is 38.2. The van der Waals surface area contributed by atoms with E-state index in [-0.39, 0.29) is 0 Å². The normalized spacial score (nSPS) is 11.6. The van der Waals surface area contributed by atoms with Gasteiger partial charge in [-0.1, -0.05) is 255 Å². The zero-order chi connectivity index (χ0) is 51.1. The number of fused-ring (bicyclic) bond motifs is 6. The van der Waals surface area contributed by atoms with Gasteiger partial charge >= 0.3 is 0 Å². The van der Waals surface area contributed by atoms with Crippen molar-refractivity contribution in [3.05, 3.63) is 315 Å².